The van der Waals surface area contributed by atoms with Gasteiger partial charge in [0.2, 0.25) is 0 Å². The molecule has 0 amide bonds. The van der Waals surface area contributed by atoms with Gasteiger partial charge in [0.1, 0.15) is 5.78 Å². The first kappa shape index (κ1) is 26.9. The molecule has 0 aromatic carbocycles. The lowest BCUT2D eigenvalue weighted by atomic mass is 9.35. The van der Waals surface area contributed by atoms with Gasteiger partial charge in [0, 0.05) is 18.3 Å². The van der Waals surface area contributed by atoms with Gasteiger partial charge in [-0.1, -0.05) is 53.2 Å². The van der Waals surface area contributed by atoms with E-state index in [1.165, 1.54) is 5.57 Å². The van der Waals surface area contributed by atoms with Crippen molar-refractivity contribution in [3.05, 3.63) is 11.6 Å². The number of aliphatic hydroxyl groups excluding tert-OH is 1. The van der Waals surface area contributed by atoms with Crippen molar-refractivity contribution in [3.63, 3.8) is 0 Å². The van der Waals surface area contributed by atoms with Crippen LogP contribution >= 0.6 is 0 Å². The fraction of sp³-hybridized carbons (Fsp3) is 0.867. The zero-order chi connectivity index (χ0) is 26.2. The van der Waals surface area contributed by atoms with Crippen molar-refractivity contribution in [2.45, 2.75) is 112 Å². The molecule has 8 atom stereocenters. The summed E-state index contributed by atoms with van der Waals surface area (Å²) < 4.78 is 0. The van der Waals surface area contributed by atoms with Gasteiger partial charge in [-0.15, -0.1) is 0 Å². The van der Waals surface area contributed by atoms with Crippen LogP contribution in [0.1, 0.15) is 106 Å². The Morgan fingerprint density at radius 1 is 1.11 bits per heavy atom. The van der Waals surface area contributed by atoms with Crippen molar-refractivity contribution >= 4 is 11.8 Å². The molecule has 5 heteroatoms. The van der Waals surface area contributed by atoms with E-state index in [0.29, 0.717) is 18.6 Å². The first-order valence-corrected chi connectivity index (χ1v) is 13.8. The lowest BCUT2D eigenvalue weighted by molar-refractivity contribution is -0.195. The fourth-order valence-electron chi connectivity index (χ4n) is 9.68. The number of aliphatic hydroxyl groups is 2. The summed E-state index contributed by atoms with van der Waals surface area (Å²) in [7, 11) is 0. The lowest BCUT2D eigenvalue weighted by Gasteiger charge is -2.69. The molecule has 0 bridgehead atoms. The van der Waals surface area contributed by atoms with Crippen molar-refractivity contribution in [2.75, 3.05) is 6.61 Å². The van der Waals surface area contributed by atoms with Gasteiger partial charge >= 0.3 is 5.97 Å². The van der Waals surface area contributed by atoms with Crippen LogP contribution in [-0.4, -0.2) is 39.3 Å². The number of carboxylic acids is 1. The third-order valence-corrected chi connectivity index (χ3v) is 12.1. The molecule has 0 heterocycles. The van der Waals surface area contributed by atoms with E-state index in [9.17, 15) is 24.9 Å². The maximum atomic E-state index is 13.4. The summed E-state index contributed by atoms with van der Waals surface area (Å²) in [6, 6.07) is 0. The third-order valence-electron chi connectivity index (χ3n) is 12.1. The van der Waals surface area contributed by atoms with E-state index in [4.69, 9.17) is 0 Å². The number of hydrogen-bond donors (Lipinski definition) is 3. The molecule has 35 heavy (non-hydrogen) atoms. The van der Waals surface area contributed by atoms with Crippen molar-refractivity contribution in [1.29, 1.82) is 0 Å². The number of Topliss-reactive ketones (excluding diaryl/α,β-unsaturated/α-hetero) is 1. The average molecular weight is 489 g/mol. The Morgan fingerprint density at radius 3 is 2.37 bits per heavy atom. The molecule has 198 valence electrons. The molecule has 4 aliphatic carbocycles. The standard InChI is InChI=1S/C30H48O5/c1-25(2)16-20-19-8-9-21-27(4,12-11-24(33)34)22(30(7,35)18-31)10-13-29(21,6)28(19,5)15-14-26(20,3)23(32)17-25/h8,20-22,31,35H,9-18H2,1-7H3,(H,33,34). The molecule has 0 saturated heterocycles. The van der Waals surface area contributed by atoms with Gasteiger partial charge in [0.05, 0.1) is 12.2 Å². The SMILES string of the molecule is CC1(C)CC(=O)C2(C)CCC3(C)C(=CCC4C(C)(CCC(=O)O)C(C(C)(O)CO)CCC43C)C2C1. The van der Waals surface area contributed by atoms with E-state index >= 15 is 0 Å². The first-order valence-electron chi connectivity index (χ1n) is 13.8. The fourth-order valence-corrected chi connectivity index (χ4v) is 9.68. The number of carbonyl (C=O) groups excluding carboxylic acids is 1. The number of allylic oxidation sites excluding steroid dienone is 2. The summed E-state index contributed by atoms with van der Waals surface area (Å²) in [6.45, 7) is 15.1. The highest BCUT2D eigenvalue weighted by molar-refractivity contribution is 5.87. The van der Waals surface area contributed by atoms with E-state index in [2.05, 4.69) is 47.6 Å². The van der Waals surface area contributed by atoms with Gasteiger partial charge in [0.15, 0.2) is 0 Å². The highest BCUT2D eigenvalue weighted by Gasteiger charge is 2.67. The molecule has 0 aromatic heterocycles. The van der Waals surface area contributed by atoms with Crippen LogP contribution in [-0.2, 0) is 9.59 Å². The van der Waals surface area contributed by atoms with Crippen LogP contribution in [0.5, 0.6) is 0 Å². The number of hydrogen-bond acceptors (Lipinski definition) is 4. The second-order valence-corrected chi connectivity index (χ2v) is 14.6. The van der Waals surface area contributed by atoms with Crippen molar-refractivity contribution in [3.8, 4) is 0 Å². The maximum Gasteiger partial charge on any atom is 0.303 e. The molecule has 5 nitrogen and oxygen atoms in total. The molecule has 0 radical (unpaired) electrons. The average Bonchev–Trinajstić information content (AvgIpc) is 2.74. The van der Waals surface area contributed by atoms with E-state index in [1.54, 1.807) is 6.92 Å². The normalized spacial score (nSPS) is 46.5. The predicted octanol–water partition coefficient (Wildman–Crippen LogP) is 5.78. The van der Waals surface area contributed by atoms with Crippen molar-refractivity contribution in [2.24, 2.45) is 44.8 Å². The molecule has 4 rings (SSSR count). The Labute approximate surface area is 211 Å². The van der Waals surface area contributed by atoms with Crippen LogP contribution in [0.3, 0.4) is 0 Å². The van der Waals surface area contributed by atoms with Crippen LogP contribution < -0.4 is 0 Å². The van der Waals surface area contributed by atoms with Gasteiger partial charge in [-0.2, -0.15) is 0 Å². The summed E-state index contributed by atoms with van der Waals surface area (Å²) in [4.78, 5) is 25.1. The van der Waals surface area contributed by atoms with Crippen molar-refractivity contribution < 1.29 is 24.9 Å². The van der Waals surface area contributed by atoms with Crippen LogP contribution in [0.2, 0.25) is 0 Å². The number of carbonyl (C=O) groups is 2. The molecule has 3 N–H and O–H groups in total. The van der Waals surface area contributed by atoms with Gasteiger partial charge in [-0.05, 0) is 91.3 Å². The van der Waals surface area contributed by atoms with Crippen LogP contribution in [0.15, 0.2) is 11.6 Å². The van der Waals surface area contributed by atoms with Crippen molar-refractivity contribution in [1.82, 2.24) is 0 Å². The zero-order valence-corrected chi connectivity index (χ0v) is 23.0. The monoisotopic (exact) mass is 488 g/mol. The number of aliphatic carboxylic acids is 1. The third kappa shape index (κ3) is 3.77. The van der Waals surface area contributed by atoms with Gasteiger partial charge in [-0.3, -0.25) is 9.59 Å². The molecular formula is C30H48O5. The minimum atomic E-state index is -1.25. The molecule has 0 spiro atoms. The summed E-state index contributed by atoms with van der Waals surface area (Å²) in [5, 5.41) is 30.9. The topological polar surface area (TPSA) is 94.8 Å². The van der Waals surface area contributed by atoms with Crippen LogP contribution in [0, 0.1) is 44.8 Å². The first-order chi connectivity index (χ1) is 16.0. The largest absolute Gasteiger partial charge is 0.481 e. The van der Waals surface area contributed by atoms with Gasteiger partial charge in [0.25, 0.3) is 0 Å². The Balaban J connectivity index is 1.82. The lowest BCUT2D eigenvalue weighted by Crippen LogP contribution is -2.64. The summed E-state index contributed by atoms with van der Waals surface area (Å²) >= 11 is 0. The molecule has 4 aliphatic rings. The zero-order valence-electron chi connectivity index (χ0n) is 23.0. The summed E-state index contributed by atoms with van der Waals surface area (Å²) in [5.41, 5.74) is -0.582. The minimum Gasteiger partial charge on any atom is -0.481 e. The highest BCUT2D eigenvalue weighted by atomic mass is 16.4. The second kappa shape index (κ2) is 8.15. The molecule has 0 aliphatic heterocycles. The molecular weight excluding hydrogens is 440 g/mol. The number of rotatable bonds is 5. The van der Waals surface area contributed by atoms with Gasteiger partial charge < -0.3 is 15.3 Å². The van der Waals surface area contributed by atoms with Crippen LogP contribution in [0.25, 0.3) is 0 Å². The van der Waals surface area contributed by atoms with E-state index < -0.39 is 17.0 Å². The second-order valence-electron chi connectivity index (χ2n) is 14.6. The quantitative estimate of drug-likeness (QED) is 0.427. The highest BCUT2D eigenvalue weighted by Crippen LogP contribution is 2.73. The van der Waals surface area contributed by atoms with Crippen LogP contribution in [0.4, 0.5) is 0 Å². The number of carboxylic acid groups (broad SMARTS) is 1. The number of fused-ring (bicyclic) bond motifs is 5. The molecule has 8 unspecified atom stereocenters. The number of ketones is 1. The predicted molar refractivity (Wildman–Crippen MR) is 137 cm³/mol. The van der Waals surface area contributed by atoms with Gasteiger partial charge in [-0.25, -0.2) is 0 Å². The minimum absolute atomic E-state index is 0.00555. The van der Waals surface area contributed by atoms with E-state index in [-0.39, 0.29) is 52.4 Å². The Bertz CT molecular complexity index is 933. The maximum absolute atomic E-state index is 13.4. The summed E-state index contributed by atoms with van der Waals surface area (Å²) in [6.07, 6.45) is 9.13. The Kier molecular flexibility index (Phi) is 6.25. The Hall–Kier alpha value is -1.20. The van der Waals surface area contributed by atoms with E-state index in [1.807, 2.05) is 0 Å². The summed E-state index contributed by atoms with van der Waals surface area (Å²) in [5.74, 6) is -0.0890. The molecule has 3 fully saturated rings. The molecule has 0 aromatic rings. The Morgan fingerprint density at radius 2 is 1.77 bits per heavy atom. The molecule has 3 saturated carbocycles. The smallest absolute Gasteiger partial charge is 0.303 e. The van der Waals surface area contributed by atoms with E-state index in [0.717, 1.165) is 38.5 Å².